The van der Waals surface area contributed by atoms with Crippen LogP contribution in [-0.2, 0) is 9.53 Å². The van der Waals surface area contributed by atoms with Crippen LogP contribution in [0.5, 0.6) is 5.75 Å². The largest absolute Gasteiger partial charge is 0.491 e. The van der Waals surface area contributed by atoms with Gasteiger partial charge in [0.1, 0.15) is 18.5 Å². The Labute approximate surface area is 215 Å². The summed E-state index contributed by atoms with van der Waals surface area (Å²) in [5.41, 5.74) is 8.44. The molecule has 0 saturated heterocycles. The molecule has 0 aromatic heterocycles. The second kappa shape index (κ2) is 13.3. The summed E-state index contributed by atoms with van der Waals surface area (Å²) in [4.78, 5) is 25.2. The van der Waals surface area contributed by atoms with Gasteiger partial charge in [0.25, 0.3) is 0 Å². The Hall–Kier alpha value is -4.81. The molecule has 9 nitrogen and oxygen atoms in total. The molecule has 37 heavy (non-hydrogen) atoms. The predicted molar refractivity (Wildman–Crippen MR) is 141 cm³/mol. The Bertz CT molecular complexity index is 1270. The summed E-state index contributed by atoms with van der Waals surface area (Å²) >= 11 is 0. The normalized spacial score (nSPS) is 12.2. The van der Waals surface area contributed by atoms with E-state index in [1.54, 1.807) is 78.9 Å². The van der Waals surface area contributed by atoms with Crippen LogP contribution in [0.15, 0.2) is 84.9 Å². The molecule has 5 N–H and O–H groups in total. The van der Waals surface area contributed by atoms with Crippen LogP contribution in [0.25, 0.3) is 0 Å². The van der Waals surface area contributed by atoms with Crippen molar-refractivity contribution < 1.29 is 24.2 Å². The first-order valence-corrected chi connectivity index (χ1v) is 11.5. The fraction of sp³-hybridized carbons (Fsp3) is 0.179. The van der Waals surface area contributed by atoms with E-state index in [2.05, 4.69) is 10.6 Å². The number of rotatable bonds is 10. The van der Waals surface area contributed by atoms with E-state index in [4.69, 9.17) is 25.6 Å². The van der Waals surface area contributed by atoms with Crippen LogP contribution in [0, 0.1) is 17.2 Å². The van der Waals surface area contributed by atoms with Crippen LogP contribution in [0.2, 0.25) is 0 Å². The molecule has 0 saturated carbocycles. The first kappa shape index (κ1) is 26.8. The SMILES string of the molecule is C[C@H](/C=C/C(=O)Nc1ccccc1N)[C@H](OC(=O)Nc1ccc(C#N)cc1)c1ccc(OCCO)cc1. The number of anilines is 3. The molecule has 2 atom stereocenters. The number of nitrogens with zero attached hydrogens (tertiary/aromatic N) is 1. The Morgan fingerprint density at radius 1 is 1.05 bits per heavy atom. The van der Waals surface area contributed by atoms with Gasteiger partial charge in [-0.2, -0.15) is 5.26 Å². The van der Waals surface area contributed by atoms with Gasteiger partial charge in [-0.15, -0.1) is 0 Å². The lowest BCUT2D eigenvalue weighted by Gasteiger charge is -2.23. The van der Waals surface area contributed by atoms with Gasteiger partial charge in [-0.1, -0.05) is 37.3 Å². The van der Waals surface area contributed by atoms with Crippen molar-refractivity contribution in [3.63, 3.8) is 0 Å². The van der Waals surface area contributed by atoms with Gasteiger partial charge in [-0.05, 0) is 60.2 Å². The second-order valence-corrected chi connectivity index (χ2v) is 8.08. The van der Waals surface area contributed by atoms with Gasteiger partial charge < -0.3 is 25.6 Å². The number of nitriles is 1. The molecule has 3 aromatic carbocycles. The Morgan fingerprint density at radius 2 is 1.76 bits per heavy atom. The zero-order valence-electron chi connectivity index (χ0n) is 20.3. The highest BCUT2D eigenvalue weighted by Crippen LogP contribution is 2.29. The fourth-order valence-corrected chi connectivity index (χ4v) is 3.41. The molecule has 0 fully saturated rings. The zero-order chi connectivity index (χ0) is 26.6. The standard InChI is InChI=1S/C28H28N4O5/c1-19(6-15-26(34)32-25-5-3-2-4-24(25)30)27(21-9-13-23(14-10-21)36-17-16-33)37-28(35)31-22-11-7-20(18-29)8-12-22/h2-15,19,27,33H,16-17,30H2,1H3,(H,31,35)(H,32,34)/b15-6+/t19-,27+/m1/s1. The van der Waals surface area contributed by atoms with E-state index in [1.807, 2.05) is 13.0 Å². The van der Waals surface area contributed by atoms with Gasteiger partial charge in [0.2, 0.25) is 5.91 Å². The molecule has 9 heteroatoms. The van der Waals surface area contributed by atoms with Gasteiger partial charge in [-0.3, -0.25) is 10.1 Å². The lowest BCUT2D eigenvalue weighted by Crippen LogP contribution is -2.21. The van der Waals surface area contributed by atoms with Gasteiger partial charge in [0, 0.05) is 11.6 Å². The Balaban J connectivity index is 1.75. The first-order valence-electron chi connectivity index (χ1n) is 11.5. The summed E-state index contributed by atoms with van der Waals surface area (Å²) in [6, 6.07) is 22.2. The molecule has 2 amide bonds. The van der Waals surface area contributed by atoms with E-state index < -0.39 is 18.1 Å². The monoisotopic (exact) mass is 500 g/mol. The quantitative estimate of drug-likeness (QED) is 0.234. The first-order chi connectivity index (χ1) is 17.9. The minimum absolute atomic E-state index is 0.110. The van der Waals surface area contributed by atoms with Crippen molar-refractivity contribution >= 4 is 29.1 Å². The summed E-state index contributed by atoms with van der Waals surface area (Å²) in [6.07, 6.45) is 1.57. The third-order valence-corrected chi connectivity index (χ3v) is 5.31. The molecule has 0 aliphatic heterocycles. The maximum atomic E-state index is 12.7. The van der Waals surface area contributed by atoms with Crippen LogP contribution in [0.1, 0.15) is 24.2 Å². The number of nitrogens with two attached hydrogens (primary N) is 1. The van der Waals surface area contributed by atoms with Gasteiger partial charge in [0.05, 0.1) is 29.6 Å². The molecule has 3 aromatic rings. The third kappa shape index (κ3) is 8.13. The Kier molecular flexibility index (Phi) is 9.65. The second-order valence-electron chi connectivity index (χ2n) is 8.08. The number of aliphatic hydroxyl groups excluding tert-OH is 1. The summed E-state index contributed by atoms with van der Waals surface area (Å²) in [7, 11) is 0. The van der Waals surface area contributed by atoms with Gasteiger partial charge in [0.15, 0.2) is 0 Å². The highest BCUT2D eigenvalue weighted by atomic mass is 16.6. The number of ether oxygens (including phenoxy) is 2. The molecule has 0 aliphatic rings. The number of aliphatic hydroxyl groups is 1. The molecule has 190 valence electrons. The number of hydrogen-bond acceptors (Lipinski definition) is 7. The van der Waals surface area contributed by atoms with Crippen molar-refractivity contribution in [2.45, 2.75) is 13.0 Å². The van der Waals surface area contributed by atoms with E-state index >= 15 is 0 Å². The summed E-state index contributed by atoms with van der Waals surface area (Å²) < 4.78 is 11.2. The topological polar surface area (TPSA) is 147 Å². The number of carbonyl (C=O) groups excluding carboxylic acids is 2. The number of hydrogen-bond donors (Lipinski definition) is 4. The average molecular weight is 501 g/mol. The van der Waals surface area contributed by atoms with Crippen LogP contribution in [0.3, 0.4) is 0 Å². The lowest BCUT2D eigenvalue weighted by atomic mass is 9.96. The number of para-hydroxylation sites is 2. The maximum absolute atomic E-state index is 12.7. The van der Waals surface area contributed by atoms with Gasteiger partial charge >= 0.3 is 6.09 Å². The summed E-state index contributed by atoms with van der Waals surface area (Å²) in [5.74, 6) is -0.213. The molecular weight excluding hydrogens is 472 g/mol. The fourth-order valence-electron chi connectivity index (χ4n) is 3.41. The van der Waals surface area contributed by atoms with E-state index in [9.17, 15) is 9.59 Å². The predicted octanol–water partition coefficient (Wildman–Crippen LogP) is 4.63. The van der Waals surface area contributed by atoms with Crippen molar-refractivity contribution in [2.75, 3.05) is 29.6 Å². The van der Waals surface area contributed by atoms with Crippen LogP contribution in [-0.4, -0.2) is 30.3 Å². The molecule has 0 bridgehead atoms. The summed E-state index contributed by atoms with van der Waals surface area (Å²) in [5, 5.41) is 23.3. The van der Waals surface area contributed by atoms with Crippen molar-refractivity contribution in [2.24, 2.45) is 5.92 Å². The van der Waals surface area contributed by atoms with Crippen LogP contribution in [0.4, 0.5) is 21.9 Å². The molecular formula is C28H28N4O5. The van der Waals surface area contributed by atoms with Crippen LogP contribution >= 0.6 is 0 Å². The van der Waals surface area contributed by atoms with Crippen molar-refractivity contribution in [3.05, 3.63) is 96.1 Å². The lowest BCUT2D eigenvalue weighted by molar-refractivity contribution is -0.111. The summed E-state index contributed by atoms with van der Waals surface area (Å²) in [6.45, 7) is 1.87. The van der Waals surface area contributed by atoms with Crippen LogP contribution < -0.4 is 21.1 Å². The third-order valence-electron chi connectivity index (χ3n) is 5.31. The van der Waals surface area contributed by atoms with Crippen molar-refractivity contribution in [1.29, 1.82) is 5.26 Å². The number of benzene rings is 3. The zero-order valence-corrected chi connectivity index (χ0v) is 20.3. The van der Waals surface area contributed by atoms with Crippen molar-refractivity contribution in [3.8, 4) is 11.8 Å². The highest BCUT2D eigenvalue weighted by molar-refractivity contribution is 6.01. The smallest absolute Gasteiger partial charge is 0.412 e. The average Bonchev–Trinajstić information content (AvgIpc) is 2.91. The molecule has 0 radical (unpaired) electrons. The number of nitrogens with one attached hydrogen (secondary N) is 2. The molecule has 0 aliphatic carbocycles. The van der Waals surface area contributed by atoms with E-state index in [1.165, 1.54) is 6.08 Å². The number of carbonyl (C=O) groups is 2. The minimum atomic E-state index is -0.740. The maximum Gasteiger partial charge on any atom is 0.412 e. The Morgan fingerprint density at radius 3 is 2.41 bits per heavy atom. The van der Waals surface area contributed by atoms with Gasteiger partial charge in [-0.25, -0.2) is 4.79 Å². The molecule has 3 rings (SSSR count). The highest BCUT2D eigenvalue weighted by Gasteiger charge is 2.23. The number of nitrogen functional groups attached to an aromatic ring is 1. The molecule has 0 heterocycles. The van der Waals surface area contributed by atoms with E-state index in [0.717, 1.165) is 0 Å². The van der Waals surface area contributed by atoms with E-state index in [0.29, 0.717) is 33.9 Å². The van der Waals surface area contributed by atoms with Crippen molar-refractivity contribution in [1.82, 2.24) is 0 Å². The van der Waals surface area contributed by atoms with E-state index in [-0.39, 0.29) is 19.1 Å². The minimum Gasteiger partial charge on any atom is -0.491 e. The molecule has 0 spiro atoms. The molecule has 0 unspecified atom stereocenters. The number of amides is 2.